The first-order valence-corrected chi connectivity index (χ1v) is 20.3. The Labute approximate surface area is 343 Å². The lowest BCUT2D eigenvalue weighted by atomic mass is 10.1. The lowest BCUT2D eigenvalue weighted by molar-refractivity contribution is 0.0730. The average Bonchev–Trinajstić information content (AvgIpc) is 3.21. The summed E-state index contributed by atoms with van der Waals surface area (Å²) in [6.07, 6.45) is 0.857. The number of hydrogen-bond donors (Lipinski definition) is 4. The Morgan fingerprint density at radius 1 is 0.793 bits per heavy atom. The van der Waals surface area contributed by atoms with E-state index in [1.165, 1.54) is 86.0 Å². The fourth-order valence-electron chi connectivity index (χ4n) is 4.78. The highest BCUT2D eigenvalue weighted by Gasteiger charge is 2.28. The van der Waals surface area contributed by atoms with E-state index < -0.39 is 43.4 Å². The normalized spacial score (nSPS) is 13.8. The number of phenolic OH excluding ortho intramolecular Hbond substituents is 2. The number of carbonyl (C=O) groups is 2. The molecule has 5 rings (SSSR count). The van der Waals surface area contributed by atoms with Crippen molar-refractivity contribution in [3.8, 4) is 11.5 Å². The predicted molar refractivity (Wildman–Crippen MR) is 214 cm³/mol. The van der Waals surface area contributed by atoms with Crippen molar-refractivity contribution in [3.05, 3.63) is 111 Å². The molecule has 2 amide bonds. The van der Waals surface area contributed by atoms with E-state index >= 15 is 0 Å². The number of aromatic hydroxyl groups is 2. The Morgan fingerprint density at radius 3 is 1.83 bits per heavy atom. The maximum Gasteiger partial charge on any atom is 0.276 e. The Morgan fingerprint density at radius 2 is 1.31 bits per heavy atom. The summed E-state index contributed by atoms with van der Waals surface area (Å²) < 4.78 is 80.7. The van der Waals surface area contributed by atoms with Gasteiger partial charge >= 0.3 is 0 Å². The second kappa shape index (κ2) is 21.1. The smallest absolute Gasteiger partial charge is 0.276 e. The maximum absolute atomic E-state index is 14.1. The van der Waals surface area contributed by atoms with E-state index in [1.807, 2.05) is 0 Å². The van der Waals surface area contributed by atoms with Crippen molar-refractivity contribution in [3.63, 3.8) is 0 Å². The molecule has 1 aromatic heterocycles. The number of amides is 2. The van der Waals surface area contributed by atoms with Gasteiger partial charge in [0.05, 0.1) is 48.5 Å². The summed E-state index contributed by atoms with van der Waals surface area (Å²) in [4.78, 5) is 27.7. The molecule has 1 fully saturated rings. The van der Waals surface area contributed by atoms with E-state index in [9.17, 15) is 45.4 Å². The fourth-order valence-corrected chi connectivity index (χ4v) is 7.46. The summed E-state index contributed by atoms with van der Waals surface area (Å²) >= 11 is 11.8. The van der Waals surface area contributed by atoms with Gasteiger partial charge in [-0.05, 0) is 74.5 Å². The van der Waals surface area contributed by atoms with Gasteiger partial charge in [-0.1, -0.05) is 29.3 Å². The summed E-state index contributed by atoms with van der Waals surface area (Å²) in [7, 11) is -4.29. The van der Waals surface area contributed by atoms with Crippen molar-refractivity contribution >= 4 is 66.5 Å². The van der Waals surface area contributed by atoms with Crippen LogP contribution >= 0.6 is 23.2 Å². The molecule has 0 radical (unpaired) electrons. The van der Waals surface area contributed by atoms with Crippen LogP contribution < -0.4 is 10.9 Å². The summed E-state index contributed by atoms with van der Waals surface area (Å²) in [5, 5.41) is 28.2. The van der Waals surface area contributed by atoms with Crippen LogP contribution in [0.2, 0.25) is 10.0 Å². The molecule has 1 aliphatic heterocycles. The van der Waals surface area contributed by atoms with Crippen LogP contribution in [0.1, 0.15) is 45.7 Å². The topological polar surface area (TPSA) is 220 Å². The molecule has 58 heavy (non-hydrogen) atoms. The third-order valence-corrected chi connectivity index (χ3v) is 12.0. The Kier molecular flexibility index (Phi) is 17.2. The molecule has 4 aromatic rings. The molecule has 4 N–H and O–H groups in total. The van der Waals surface area contributed by atoms with Gasteiger partial charge in [-0.2, -0.15) is 18.9 Å². The van der Waals surface area contributed by atoms with Crippen LogP contribution in [-0.4, -0.2) is 111 Å². The van der Waals surface area contributed by atoms with Crippen molar-refractivity contribution in [2.75, 3.05) is 47.6 Å². The zero-order valence-corrected chi connectivity index (χ0v) is 34.7. The van der Waals surface area contributed by atoms with E-state index in [0.29, 0.717) is 28.5 Å². The fraction of sp³-hybridized carbons (Fsp3) is 0.250. The van der Waals surface area contributed by atoms with Crippen LogP contribution in [-0.2, 0) is 24.8 Å². The third-order valence-electron chi connectivity index (χ3n) is 7.89. The first-order chi connectivity index (χ1) is 27.3. The SMILES string of the molecule is C/C(=N\NC(=O)c1cc(S(=O)(=O)N2CCOCC2)cnc1F)c1cc(Cl)ccc1O.C/C(=N\NC(=O)c1cccc(S(=O)(=O)N(C)C)c1)c1cc(Cl)ccc1O.CF. The molecule has 0 saturated carbocycles. The maximum atomic E-state index is 14.1. The molecule has 0 spiro atoms. The van der Waals surface area contributed by atoms with Gasteiger partial charge in [0.25, 0.3) is 11.8 Å². The monoisotopic (exact) mass is 885 g/mol. The molecule has 312 valence electrons. The Balaban J connectivity index is 0.000000301. The Hall–Kier alpha value is -5.09. The van der Waals surface area contributed by atoms with E-state index in [2.05, 4.69) is 26.0 Å². The van der Waals surface area contributed by atoms with Crippen LogP contribution in [0.4, 0.5) is 8.78 Å². The van der Waals surface area contributed by atoms with Crippen LogP contribution in [0.15, 0.2) is 92.9 Å². The van der Waals surface area contributed by atoms with Crippen molar-refractivity contribution in [1.82, 2.24) is 24.4 Å². The highest BCUT2D eigenvalue weighted by molar-refractivity contribution is 7.89. The standard InChI is InChI=1S/C18H18ClFN4O5S.C17H18ClN3O4S.CH3F/c1-11(14-8-12(19)2-3-16(14)25)22-23-18(26)15-9-13(10-21-17(15)20)30(27,28)24-4-6-29-7-5-24;1-11(15-10-13(18)7-8-16(15)22)19-20-17(23)12-5-4-6-14(9-12)26(24,25)21(2)3;1-2/h2-3,8-10,25H,4-7H2,1H3,(H,23,26);4-10,22H,1-3H3,(H,20,23);1H3/b22-11+;19-11+;. The second-order valence-electron chi connectivity index (χ2n) is 11.9. The highest BCUT2D eigenvalue weighted by atomic mass is 35.5. The minimum absolute atomic E-state index is 0.00309. The zero-order valence-electron chi connectivity index (χ0n) is 31.6. The number of hydrogen-bond acceptors (Lipinski definition) is 12. The minimum atomic E-state index is -3.96. The van der Waals surface area contributed by atoms with Gasteiger partial charge in [0.15, 0.2) is 0 Å². The summed E-state index contributed by atoms with van der Waals surface area (Å²) in [6, 6.07) is 15.3. The number of carbonyl (C=O) groups excluding carboxylic acids is 2. The van der Waals surface area contributed by atoms with E-state index in [0.717, 1.165) is 16.6 Å². The van der Waals surface area contributed by atoms with E-state index in [-0.39, 0.29) is 64.4 Å². The molecule has 3 aromatic carbocycles. The minimum Gasteiger partial charge on any atom is -0.507 e. The van der Waals surface area contributed by atoms with Crippen molar-refractivity contribution in [2.45, 2.75) is 23.6 Å². The highest BCUT2D eigenvalue weighted by Crippen LogP contribution is 2.24. The van der Waals surface area contributed by atoms with Gasteiger partial charge in [0, 0.05) is 53.9 Å². The number of nitrogens with zero attached hydrogens (tertiary/aromatic N) is 5. The van der Waals surface area contributed by atoms with Crippen LogP contribution in [0, 0.1) is 5.95 Å². The van der Waals surface area contributed by atoms with Crippen LogP contribution in [0.5, 0.6) is 11.5 Å². The largest absolute Gasteiger partial charge is 0.507 e. The van der Waals surface area contributed by atoms with Crippen molar-refractivity contribution in [2.24, 2.45) is 10.2 Å². The van der Waals surface area contributed by atoms with Crippen LogP contribution in [0.25, 0.3) is 0 Å². The quantitative estimate of drug-likeness (QED) is 0.0969. The number of ether oxygens (including phenoxy) is 1. The van der Waals surface area contributed by atoms with Crippen molar-refractivity contribution in [1.29, 1.82) is 0 Å². The van der Waals surface area contributed by atoms with Crippen molar-refractivity contribution < 1.29 is 50.2 Å². The van der Waals surface area contributed by atoms with Gasteiger partial charge in [0.1, 0.15) is 16.4 Å². The number of halogens is 4. The predicted octanol–water partition coefficient (Wildman–Crippen LogP) is 4.79. The number of phenols is 2. The first kappa shape index (κ1) is 47.3. The molecule has 1 aliphatic rings. The number of rotatable bonds is 10. The Bertz CT molecular complexity index is 2420. The zero-order chi connectivity index (χ0) is 43.4. The lowest BCUT2D eigenvalue weighted by Gasteiger charge is -2.26. The lowest BCUT2D eigenvalue weighted by Crippen LogP contribution is -2.40. The van der Waals surface area contributed by atoms with Gasteiger partial charge < -0.3 is 14.9 Å². The van der Waals surface area contributed by atoms with Gasteiger partial charge in [-0.25, -0.2) is 37.0 Å². The van der Waals surface area contributed by atoms with Crippen LogP contribution in [0.3, 0.4) is 0 Å². The first-order valence-electron chi connectivity index (χ1n) is 16.6. The molecule has 16 nitrogen and oxygen atoms in total. The summed E-state index contributed by atoms with van der Waals surface area (Å²) in [6.45, 7) is 3.87. The number of hydrazone groups is 2. The summed E-state index contributed by atoms with van der Waals surface area (Å²) in [5.41, 5.74) is 5.21. The number of aromatic nitrogens is 1. The molecule has 0 aliphatic carbocycles. The molecule has 0 atom stereocenters. The van der Waals surface area contributed by atoms with Gasteiger partial charge in [-0.3, -0.25) is 14.0 Å². The molecule has 1 saturated heterocycles. The third kappa shape index (κ3) is 12.2. The van der Waals surface area contributed by atoms with Gasteiger partial charge in [-0.15, -0.1) is 0 Å². The van der Waals surface area contributed by atoms with E-state index in [1.54, 1.807) is 6.92 Å². The number of morpholine rings is 1. The van der Waals surface area contributed by atoms with E-state index in [4.69, 9.17) is 27.9 Å². The molecular weight excluding hydrogens is 847 g/mol. The number of nitrogens with one attached hydrogen (secondary N) is 2. The molecule has 2 heterocycles. The number of sulfonamides is 2. The van der Waals surface area contributed by atoms with Gasteiger partial charge in [0.2, 0.25) is 26.0 Å². The number of alkyl halides is 1. The second-order valence-corrected chi connectivity index (χ2v) is 16.9. The number of pyridine rings is 1. The number of benzene rings is 3. The molecule has 0 bridgehead atoms. The molecule has 0 unspecified atom stereocenters. The average molecular weight is 887 g/mol. The molecule has 22 heteroatoms. The molecular formula is C36H39Cl2F2N7O9S2. The summed E-state index contributed by atoms with van der Waals surface area (Å²) in [5.74, 6) is -2.86.